The number of carbonyl (C=O) groups excluding carboxylic acids is 3. The molecule has 1 N–H and O–H groups in total. The van der Waals surface area contributed by atoms with Crippen LogP contribution in [0.2, 0.25) is 20.1 Å². The predicted molar refractivity (Wildman–Crippen MR) is 146 cm³/mol. The lowest BCUT2D eigenvalue weighted by atomic mass is 10.1. The molecule has 4 rings (SSSR count). The number of benzene rings is 2. The number of pyridine rings is 1. The topological polar surface area (TPSA) is 79.4 Å². The van der Waals surface area contributed by atoms with Crippen LogP contribution in [0.4, 0.5) is 5.69 Å². The largest absolute Gasteiger partial charge is 0.324 e. The predicted octanol–water partition coefficient (Wildman–Crippen LogP) is 6.64. The Morgan fingerprint density at radius 3 is 1.94 bits per heavy atom. The van der Waals surface area contributed by atoms with Crippen molar-refractivity contribution in [3.63, 3.8) is 0 Å². The summed E-state index contributed by atoms with van der Waals surface area (Å²) >= 11 is 26.2. The highest BCUT2D eigenvalue weighted by atomic mass is 35.5. The summed E-state index contributed by atoms with van der Waals surface area (Å²) in [6.07, 6.45) is 6.29. The van der Waals surface area contributed by atoms with Crippen LogP contribution in [-0.4, -0.2) is 45.7 Å². The zero-order valence-electron chi connectivity index (χ0n) is 18.9. The molecule has 6 nitrogen and oxygen atoms in total. The number of nitrogens with zero attached hydrogens (tertiary/aromatic N) is 2. The lowest BCUT2D eigenvalue weighted by Gasteiger charge is -2.25. The molecule has 0 spiro atoms. The van der Waals surface area contributed by atoms with Crippen LogP contribution < -0.4 is 5.32 Å². The third-order valence-corrected chi connectivity index (χ3v) is 8.17. The molecule has 0 unspecified atom stereocenters. The molecule has 1 aromatic heterocycles. The van der Waals surface area contributed by atoms with Crippen molar-refractivity contribution < 1.29 is 14.4 Å². The van der Waals surface area contributed by atoms with Gasteiger partial charge in [0.25, 0.3) is 11.8 Å². The molecule has 11 heteroatoms. The Balaban J connectivity index is 1.57. The molecule has 0 fully saturated rings. The van der Waals surface area contributed by atoms with E-state index >= 15 is 0 Å². The monoisotopic (exact) mass is 581 g/mol. The molecule has 36 heavy (non-hydrogen) atoms. The number of anilines is 1. The Kier molecular flexibility index (Phi) is 8.48. The van der Waals surface area contributed by atoms with E-state index in [-0.39, 0.29) is 37.6 Å². The van der Waals surface area contributed by atoms with Crippen molar-refractivity contribution in [1.82, 2.24) is 9.88 Å². The molecule has 3 amide bonds. The molecule has 2 heterocycles. The third-order valence-electron chi connectivity index (χ3n) is 5.72. The van der Waals surface area contributed by atoms with Gasteiger partial charge in [-0.25, -0.2) is 0 Å². The van der Waals surface area contributed by atoms with Crippen molar-refractivity contribution in [2.75, 3.05) is 17.3 Å². The first-order valence-corrected chi connectivity index (χ1v) is 13.7. The number of carbonyl (C=O) groups is 3. The van der Waals surface area contributed by atoms with Crippen LogP contribution in [0.15, 0.2) is 48.8 Å². The Morgan fingerprint density at radius 1 is 0.889 bits per heavy atom. The van der Waals surface area contributed by atoms with Gasteiger partial charge in [-0.3, -0.25) is 24.3 Å². The molecule has 0 aliphatic carbocycles. The van der Waals surface area contributed by atoms with Crippen molar-refractivity contribution in [3.8, 4) is 0 Å². The average molecular weight is 583 g/mol. The summed E-state index contributed by atoms with van der Waals surface area (Å²) in [4.78, 5) is 44.8. The SMILES string of the molecule is CSCC[C@@H](C(=O)Nc1ccc(Cc2ccncc2)cc1)N1C(=O)c2c(Cl)c(Cl)c(Cl)c(Cl)c2C1=O. The van der Waals surface area contributed by atoms with Crippen LogP contribution in [0.1, 0.15) is 38.3 Å². The van der Waals surface area contributed by atoms with E-state index in [1.54, 1.807) is 24.5 Å². The van der Waals surface area contributed by atoms with E-state index in [0.717, 1.165) is 22.4 Å². The van der Waals surface area contributed by atoms with E-state index in [0.29, 0.717) is 11.4 Å². The van der Waals surface area contributed by atoms with Gasteiger partial charge in [-0.15, -0.1) is 0 Å². The minimum atomic E-state index is -1.09. The average Bonchev–Trinajstić information content (AvgIpc) is 3.13. The van der Waals surface area contributed by atoms with Crippen molar-refractivity contribution in [1.29, 1.82) is 0 Å². The number of hydrogen-bond acceptors (Lipinski definition) is 5. The first-order chi connectivity index (χ1) is 17.2. The van der Waals surface area contributed by atoms with Gasteiger partial charge in [-0.2, -0.15) is 11.8 Å². The van der Waals surface area contributed by atoms with E-state index < -0.39 is 23.8 Å². The molecule has 186 valence electrons. The maximum Gasteiger partial charge on any atom is 0.263 e. The van der Waals surface area contributed by atoms with E-state index in [1.165, 1.54) is 11.8 Å². The number of imide groups is 1. The van der Waals surface area contributed by atoms with Crippen molar-refractivity contribution in [2.45, 2.75) is 18.9 Å². The van der Waals surface area contributed by atoms with Gasteiger partial charge in [-0.1, -0.05) is 58.5 Å². The zero-order chi connectivity index (χ0) is 26.0. The summed E-state index contributed by atoms with van der Waals surface area (Å²) in [5.74, 6) is -1.46. The summed E-state index contributed by atoms with van der Waals surface area (Å²) in [6.45, 7) is 0. The molecule has 0 saturated carbocycles. The number of aromatic nitrogens is 1. The van der Waals surface area contributed by atoms with Crippen LogP contribution in [0.25, 0.3) is 0 Å². The van der Waals surface area contributed by atoms with Crippen LogP contribution >= 0.6 is 58.2 Å². The normalized spacial score (nSPS) is 13.6. The van der Waals surface area contributed by atoms with Gasteiger partial charge < -0.3 is 5.32 Å². The second-order valence-electron chi connectivity index (χ2n) is 8.00. The molecule has 1 aliphatic rings. The molecule has 0 bridgehead atoms. The lowest BCUT2D eigenvalue weighted by molar-refractivity contribution is -0.120. The Hall–Kier alpha value is -2.29. The number of rotatable bonds is 8. The summed E-state index contributed by atoms with van der Waals surface area (Å²) in [7, 11) is 0. The first kappa shape index (κ1) is 26.8. The highest BCUT2D eigenvalue weighted by Gasteiger charge is 2.46. The minimum absolute atomic E-state index is 0.123. The number of amides is 3. The van der Waals surface area contributed by atoms with Crippen LogP contribution in [0.5, 0.6) is 0 Å². The maximum absolute atomic E-state index is 13.3. The molecular weight excluding hydrogens is 564 g/mol. The zero-order valence-corrected chi connectivity index (χ0v) is 22.7. The molecule has 1 aliphatic heterocycles. The molecular formula is C25H19Cl4N3O3S. The fourth-order valence-electron chi connectivity index (χ4n) is 3.92. The van der Waals surface area contributed by atoms with Gasteiger partial charge in [0.1, 0.15) is 6.04 Å². The molecule has 0 saturated heterocycles. The van der Waals surface area contributed by atoms with Crippen molar-refractivity contribution in [2.24, 2.45) is 0 Å². The number of hydrogen-bond donors (Lipinski definition) is 1. The summed E-state index contributed by atoms with van der Waals surface area (Å²) in [5.41, 5.74) is 2.40. The van der Waals surface area contributed by atoms with E-state index in [4.69, 9.17) is 46.4 Å². The first-order valence-electron chi connectivity index (χ1n) is 10.8. The summed E-state index contributed by atoms with van der Waals surface area (Å²) < 4.78 is 0. The summed E-state index contributed by atoms with van der Waals surface area (Å²) in [6, 6.07) is 10.1. The van der Waals surface area contributed by atoms with Crippen LogP contribution in [-0.2, 0) is 11.2 Å². The maximum atomic E-state index is 13.3. The van der Waals surface area contributed by atoms with E-state index in [1.807, 2.05) is 30.5 Å². The van der Waals surface area contributed by atoms with Crippen molar-refractivity contribution in [3.05, 3.63) is 91.1 Å². The van der Waals surface area contributed by atoms with Crippen LogP contribution in [0, 0.1) is 0 Å². The quantitative estimate of drug-likeness (QED) is 0.183. The van der Waals surface area contributed by atoms with Crippen LogP contribution in [0.3, 0.4) is 0 Å². The Morgan fingerprint density at radius 2 is 1.42 bits per heavy atom. The van der Waals surface area contributed by atoms with Gasteiger partial charge in [0, 0.05) is 18.1 Å². The fourth-order valence-corrected chi connectivity index (χ4v) is 5.40. The highest BCUT2D eigenvalue weighted by Crippen LogP contribution is 2.45. The Bertz CT molecular complexity index is 1290. The second kappa shape index (κ2) is 11.4. The van der Waals surface area contributed by atoms with E-state index in [9.17, 15) is 14.4 Å². The van der Waals surface area contributed by atoms with Gasteiger partial charge in [0.2, 0.25) is 5.91 Å². The van der Waals surface area contributed by atoms with Gasteiger partial charge in [-0.05, 0) is 60.2 Å². The Labute approximate surface area is 232 Å². The van der Waals surface area contributed by atoms with Gasteiger partial charge >= 0.3 is 0 Å². The number of nitrogens with one attached hydrogen (secondary N) is 1. The minimum Gasteiger partial charge on any atom is -0.324 e. The highest BCUT2D eigenvalue weighted by molar-refractivity contribution is 7.98. The van der Waals surface area contributed by atoms with E-state index in [2.05, 4.69) is 10.3 Å². The van der Waals surface area contributed by atoms with Gasteiger partial charge in [0.05, 0.1) is 31.2 Å². The number of halogens is 4. The lowest BCUT2D eigenvalue weighted by Crippen LogP contribution is -2.47. The fraction of sp³-hybridized carbons (Fsp3) is 0.200. The molecule has 0 radical (unpaired) electrons. The number of thioether (sulfide) groups is 1. The third kappa shape index (κ3) is 5.22. The standard InChI is InChI=1S/C25H19Cl4N3O3S/c1-36-11-8-16(32-24(34)17-18(25(32)35)20(27)22(29)21(28)19(17)26)23(33)31-15-4-2-13(3-5-15)12-14-6-9-30-10-7-14/h2-7,9-10,16H,8,11-12H2,1H3,(H,31,33)/t16-/m0/s1. The van der Waals surface area contributed by atoms with Gasteiger partial charge in [0.15, 0.2) is 0 Å². The molecule has 2 aromatic carbocycles. The van der Waals surface area contributed by atoms with Crippen molar-refractivity contribution >= 4 is 81.6 Å². The molecule has 1 atom stereocenters. The second-order valence-corrected chi connectivity index (χ2v) is 10.5. The smallest absolute Gasteiger partial charge is 0.263 e. The number of fused-ring (bicyclic) bond motifs is 1. The summed E-state index contributed by atoms with van der Waals surface area (Å²) in [5, 5.41) is 2.23. The molecule has 3 aromatic rings.